The minimum Gasteiger partial charge on any atom is -0.386 e. The van der Waals surface area contributed by atoms with Crippen LogP contribution in [0, 0.1) is 11.3 Å². The quantitative estimate of drug-likeness (QED) is 0.734. The van der Waals surface area contributed by atoms with Gasteiger partial charge < -0.3 is 15.3 Å². The molecule has 2 aliphatic carbocycles. The number of carbonyl (C=O) groups excluding carboxylic acids is 1. The molecule has 3 fully saturated rings. The van der Waals surface area contributed by atoms with Gasteiger partial charge >= 0.3 is 6.03 Å². The minimum absolute atomic E-state index is 0.000833. The fourth-order valence-electron chi connectivity index (χ4n) is 2.59. The van der Waals surface area contributed by atoms with E-state index in [-0.39, 0.29) is 11.4 Å². The molecule has 0 bridgehead atoms. The van der Waals surface area contributed by atoms with Crippen LogP contribution in [0.3, 0.4) is 0 Å². The van der Waals surface area contributed by atoms with E-state index in [4.69, 9.17) is 0 Å². The minimum atomic E-state index is -0.559. The van der Waals surface area contributed by atoms with Crippen LogP contribution in [0.2, 0.25) is 0 Å². The normalized spacial score (nSPS) is 34.2. The standard InChI is InChI=1S/C12H20N2O2/c1-11(2)5-9(11)13-10(15)14-6-12(16,7-14)8-3-4-8/h8-9,16H,3-7H2,1-2H3,(H,13,15). The number of likely N-dealkylation sites (tertiary alicyclic amines) is 1. The molecule has 0 radical (unpaired) electrons. The SMILES string of the molecule is CC1(C)CC1NC(=O)N1CC(O)(C2CC2)C1. The molecule has 90 valence electrons. The van der Waals surface area contributed by atoms with Crippen molar-refractivity contribution in [3.05, 3.63) is 0 Å². The highest BCUT2D eigenvalue weighted by atomic mass is 16.3. The first kappa shape index (κ1) is 10.4. The van der Waals surface area contributed by atoms with E-state index in [1.807, 2.05) is 0 Å². The Morgan fingerprint density at radius 1 is 1.38 bits per heavy atom. The first-order chi connectivity index (χ1) is 7.41. The van der Waals surface area contributed by atoms with E-state index in [2.05, 4.69) is 19.2 Å². The molecular formula is C12H20N2O2. The molecule has 0 aromatic rings. The molecule has 0 spiro atoms. The lowest BCUT2D eigenvalue weighted by Crippen LogP contribution is -2.66. The van der Waals surface area contributed by atoms with Crippen LogP contribution in [-0.4, -0.2) is 40.8 Å². The zero-order chi connectivity index (χ0) is 11.6. The third-order valence-corrected chi connectivity index (χ3v) is 4.36. The lowest BCUT2D eigenvalue weighted by Gasteiger charge is -2.46. The van der Waals surface area contributed by atoms with Crippen molar-refractivity contribution in [1.82, 2.24) is 10.2 Å². The number of nitrogens with one attached hydrogen (secondary N) is 1. The number of hydrogen-bond acceptors (Lipinski definition) is 2. The molecule has 3 aliphatic rings. The molecule has 2 amide bonds. The Kier molecular flexibility index (Phi) is 1.89. The van der Waals surface area contributed by atoms with Crippen molar-refractivity contribution in [2.45, 2.75) is 44.8 Å². The van der Waals surface area contributed by atoms with Crippen LogP contribution in [0.5, 0.6) is 0 Å². The highest BCUT2D eigenvalue weighted by molar-refractivity contribution is 5.76. The molecule has 4 heteroatoms. The lowest BCUT2D eigenvalue weighted by molar-refractivity contribution is -0.0919. The first-order valence-electron chi connectivity index (χ1n) is 6.19. The van der Waals surface area contributed by atoms with E-state index in [0.29, 0.717) is 25.0 Å². The summed E-state index contributed by atoms with van der Waals surface area (Å²) in [5.74, 6) is 0.453. The average Bonchev–Trinajstić information content (AvgIpc) is 2.99. The van der Waals surface area contributed by atoms with E-state index in [9.17, 15) is 9.90 Å². The molecule has 1 unspecified atom stereocenters. The van der Waals surface area contributed by atoms with Gasteiger partial charge in [-0.15, -0.1) is 0 Å². The van der Waals surface area contributed by atoms with Crippen molar-refractivity contribution in [3.8, 4) is 0 Å². The second-order valence-electron chi connectivity index (χ2n) is 6.43. The van der Waals surface area contributed by atoms with Gasteiger partial charge in [-0.05, 0) is 30.6 Å². The summed E-state index contributed by atoms with van der Waals surface area (Å²) in [6, 6.07) is 0.329. The molecule has 3 rings (SSSR count). The number of amides is 2. The predicted molar refractivity (Wildman–Crippen MR) is 60.0 cm³/mol. The third kappa shape index (κ3) is 1.59. The molecule has 1 heterocycles. The van der Waals surface area contributed by atoms with Crippen LogP contribution >= 0.6 is 0 Å². The summed E-state index contributed by atoms with van der Waals surface area (Å²) >= 11 is 0. The average molecular weight is 224 g/mol. The van der Waals surface area contributed by atoms with Crippen molar-refractivity contribution in [3.63, 3.8) is 0 Å². The number of carbonyl (C=O) groups is 1. The van der Waals surface area contributed by atoms with E-state index in [0.717, 1.165) is 19.3 Å². The Hall–Kier alpha value is -0.770. The van der Waals surface area contributed by atoms with Crippen molar-refractivity contribution in [1.29, 1.82) is 0 Å². The summed E-state index contributed by atoms with van der Waals surface area (Å²) in [5.41, 5.74) is -0.288. The van der Waals surface area contributed by atoms with E-state index in [1.165, 1.54) is 0 Å². The van der Waals surface area contributed by atoms with Crippen LogP contribution in [0.15, 0.2) is 0 Å². The zero-order valence-corrected chi connectivity index (χ0v) is 9.99. The van der Waals surface area contributed by atoms with E-state index in [1.54, 1.807) is 4.90 Å². The largest absolute Gasteiger partial charge is 0.386 e. The van der Waals surface area contributed by atoms with E-state index < -0.39 is 5.60 Å². The Labute approximate surface area is 96.0 Å². The summed E-state index contributed by atoms with van der Waals surface area (Å²) < 4.78 is 0. The molecule has 4 nitrogen and oxygen atoms in total. The number of rotatable bonds is 2. The first-order valence-corrected chi connectivity index (χ1v) is 6.19. The predicted octanol–water partition coefficient (Wildman–Crippen LogP) is 0.951. The maximum atomic E-state index is 11.8. The van der Waals surface area contributed by atoms with Gasteiger partial charge in [0.15, 0.2) is 0 Å². The van der Waals surface area contributed by atoms with Gasteiger partial charge in [0.25, 0.3) is 0 Å². The molecule has 1 atom stereocenters. The zero-order valence-electron chi connectivity index (χ0n) is 9.99. The lowest BCUT2D eigenvalue weighted by atomic mass is 9.89. The number of nitrogens with zero attached hydrogens (tertiary/aromatic N) is 1. The monoisotopic (exact) mass is 224 g/mol. The summed E-state index contributed by atoms with van der Waals surface area (Å²) in [6.45, 7) is 5.37. The Bertz CT molecular complexity index is 330. The summed E-state index contributed by atoms with van der Waals surface area (Å²) in [5, 5.41) is 13.1. The highest BCUT2D eigenvalue weighted by Crippen LogP contribution is 2.46. The topological polar surface area (TPSA) is 52.6 Å². The third-order valence-electron chi connectivity index (χ3n) is 4.36. The molecular weight excluding hydrogens is 204 g/mol. The Morgan fingerprint density at radius 3 is 2.38 bits per heavy atom. The Balaban J connectivity index is 1.47. The highest BCUT2D eigenvalue weighted by Gasteiger charge is 2.54. The fraction of sp³-hybridized carbons (Fsp3) is 0.917. The van der Waals surface area contributed by atoms with Gasteiger partial charge in [-0.3, -0.25) is 0 Å². The van der Waals surface area contributed by atoms with E-state index >= 15 is 0 Å². The smallest absolute Gasteiger partial charge is 0.317 e. The summed E-state index contributed by atoms with van der Waals surface area (Å²) in [6.07, 6.45) is 3.32. The van der Waals surface area contributed by atoms with Gasteiger partial charge in [-0.25, -0.2) is 4.79 Å². The van der Waals surface area contributed by atoms with Crippen molar-refractivity contribution in [2.75, 3.05) is 13.1 Å². The second-order valence-corrected chi connectivity index (χ2v) is 6.43. The maximum Gasteiger partial charge on any atom is 0.317 e. The van der Waals surface area contributed by atoms with Crippen LogP contribution in [0.1, 0.15) is 33.1 Å². The van der Waals surface area contributed by atoms with Gasteiger partial charge in [0.05, 0.1) is 13.1 Å². The van der Waals surface area contributed by atoms with Crippen LogP contribution in [-0.2, 0) is 0 Å². The van der Waals surface area contributed by atoms with Crippen LogP contribution in [0.4, 0.5) is 4.79 Å². The fourth-order valence-corrected chi connectivity index (χ4v) is 2.59. The molecule has 1 aliphatic heterocycles. The van der Waals surface area contributed by atoms with Crippen molar-refractivity contribution in [2.24, 2.45) is 11.3 Å². The number of aliphatic hydroxyl groups is 1. The molecule has 2 saturated carbocycles. The Morgan fingerprint density at radius 2 is 1.94 bits per heavy atom. The molecule has 2 N–H and O–H groups in total. The summed E-state index contributed by atoms with van der Waals surface area (Å²) in [7, 11) is 0. The molecule has 0 aromatic heterocycles. The number of hydrogen-bond donors (Lipinski definition) is 2. The van der Waals surface area contributed by atoms with Gasteiger partial charge in [0.1, 0.15) is 5.60 Å². The van der Waals surface area contributed by atoms with Gasteiger partial charge in [-0.1, -0.05) is 13.8 Å². The molecule has 0 aromatic carbocycles. The van der Waals surface area contributed by atoms with Crippen LogP contribution < -0.4 is 5.32 Å². The molecule has 16 heavy (non-hydrogen) atoms. The van der Waals surface area contributed by atoms with Gasteiger partial charge in [-0.2, -0.15) is 0 Å². The van der Waals surface area contributed by atoms with Gasteiger partial charge in [0, 0.05) is 6.04 Å². The van der Waals surface area contributed by atoms with Crippen molar-refractivity contribution < 1.29 is 9.90 Å². The van der Waals surface area contributed by atoms with Crippen molar-refractivity contribution >= 4 is 6.03 Å². The second kappa shape index (κ2) is 2.92. The number of β-amino-alcohol motifs (C(OH)–C–C–N with tert-alkyl or cyclic N) is 1. The number of urea groups is 1. The summed E-state index contributed by atoms with van der Waals surface area (Å²) in [4.78, 5) is 13.5. The van der Waals surface area contributed by atoms with Crippen LogP contribution in [0.25, 0.3) is 0 Å². The maximum absolute atomic E-state index is 11.8. The van der Waals surface area contributed by atoms with Gasteiger partial charge in [0.2, 0.25) is 0 Å². The molecule has 1 saturated heterocycles.